The van der Waals surface area contributed by atoms with Gasteiger partial charge >= 0.3 is 49.4 Å². The van der Waals surface area contributed by atoms with Crippen molar-refractivity contribution >= 4 is 38.9 Å². The molecule has 0 saturated heterocycles. The highest BCUT2D eigenvalue weighted by atomic mass is 19.4. The van der Waals surface area contributed by atoms with Gasteiger partial charge in [-0.1, -0.05) is 84.9 Å². The lowest BCUT2D eigenvalue weighted by atomic mass is 9.12. The lowest BCUT2D eigenvalue weighted by Crippen LogP contribution is -2.75. The Morgan fingerprint density at radius 2 is 0.573 bits per heavy atom. The summed E-state index contributed by atoms with van der Waals surface area (Å²) in [4.78, 5) is 0. The average Bonchev–Trinajstić information content (AvgIpc) is 3.27. The highest BCUT2D eigenvalue weighted by molar-refractivity contribution is 7.20. The van der Waals surface area contributed by atoms with Gasteiger partial charge in [0.2, 0.25) is 5.52 Å². The van der Waals surface area contributed by atoms with Gasteiger partial charge in [-0.05, 0) is 42.5 Å². The highest BCUT2D eigenvalue weighted by Gasteiger charge is 2.47. The minimum absolute atomic E-state index is 0.177. The monoisotopic (exact) mass is 1100 g/mol. The van der Waals surface area contributed by atoms with Gasteiger partial charge < -0.3 is 0 Å². The van der Waals surface area contributed by atoms with Crippen LogP contribution in [-0.4, -0.2) is 6.15 Å². The number of fused-ring (bicyclic) bond motifs is 1. The maximum absolute atomic E-state index is 14.2. The van der Waals surface area contributed by atoms with E-state index in [0.717, 1.165) is 5.39 Å². The second kappa shape index (κ2) is 19.6. The van der Waals surface area contributed by atoms with Crippen LogP contribution in [-0.2, 0) is 56.0 Å². The molecular weight excluding hydrogens is 1080 g/mol. The van der Waals surface area contributed by atoms with E-state index in [0.29, 0.717) is 12.1 Å². The third kappa shape index (κ3) is 12.8. The van der Waals surface area contributed by atoms with Gasteiger partial charge in [0.25, 0.3) is 0 Å². The second-order valence-electron chi connectivity index (χ2n) is 16.5. The maximum Gasteiger partial charge on any atom is 0.416 e. The Morgan fingerprint density at radius 3 is 0.840 bits per heavy atom. The van der Waals surface area contributed by atoms with Crippen molar-refractivity contribution < 1.29 is 114 Å². The normalized spacial score (nSPS) is 13.5. The van der Waals surface area contributed by atoms with Crippen LogP contribution in [0.2, 0.25) is 0 Å². The number of alkyl halides is 24. The van der Waals surface area contributed by atoms with Crippen LogP contribution in [0, 0.1) is 5.82 Å². The summed E-state index contributed by atoms with van der Waals surface area (Å²) < 4.78 is 357. The fraction of sp³-hybridized carbons (Fsp3) is 0.188. The van der Waals surface area contributed by atoms with Crippen molar-refractivity contribution in [2.24, 2.45) is 0 Å². The van der Waals surface area contributed by atoms with Gasteiger partial charge in [0.05, 0.1) is 44.5 Å². The molecule has 400 valence electrons. The van der Waals surface area contributed by atoms with Crippen LogP contribution in [0.5, 0.6) is 0 Å². The third-order valence-corrected chi connectivity index (χ3v) is 11.5. The van der Waals surface area contributed by atoms with Crippen molar-refractivity contribution in [3.05, 3.63) is 196 Å². The van der Waals surface area contributed by atoms with Crippen molar-refractivity contribution in [2.75, 3.05) is 0 Å². The molecule has 1 aromatic heterocycles. The SMILES string of the molecule is FC(F)(F)c1cc([B-](c2cc(C(F)(F)F)cc(C(F)(F)F)c2)(c2cc(C(F)(F)F)cc(C(F)(F)F)c2)c2cc(C(F)(F)F)cc(C(F)(F)F)c2)cc(C(F)(F)F)c1.Fc1cccc2ccc[n+](Cc3ccccc3)c12. The molecule has 0 fully saturated rings. The van der Waals surface area contributed by atoms with Crippen molar-refractivity contribution in [2.45, 2.75) is 56.0 Å². The predicted octanol–water partition coefficient (Wildman–Crippen LogP) is 14.5. The summed E-state index contributed by atoms with van der Waals surface area (Å²) >= 11 is 0. The molecule has 0 aliphatic rings. The summed E-state index contributed by atoms with van der Waals surface area (Å²) in [5, 5.41) is 0.924. The molecule has 0 unspecified atom stereocenters. The number of hydrogen-bond donors (Lipinski definition) is 0. The molecule has 0 aliphatic carbocycles. The summed E-state index contributed by atoms with van der Waals surface area (Å²) in [7, 11) is 0. The van der Waals surface area contributed by atoms with Gasteiger partial charge in [-0.25, -0.2) is 0 Å². The van der Waals surface area contributed by atoms with E-state index in [1.807, 2.05) is 59.3 Å². The molecule has 0 atom stereocenters. The summed E-state index contributed by atoms with van der Waals surface area (Å²) in [6.45, 7) is 0.680. The van der Waals surface area contributed by atoms with Crippen molar-refractivity contribution in [3.8, 4) is 0 Å². The van der Waals surface area contributed by atoms with E-state index in [4.69, 9.17) is 0 Å². The van der Waals surface area contributed by atoms with E-state index in [-0.39, 0.29) is 5.82 Å². The third-order valence-electron chi connectivity index (χ3n) is 11.5. The number of aromatic nitrogens is 1. The Bertz CT molecular complexity index is 2750. The van der Waals surface area contributed by atoms with E-state index in [1.54, 1.807) is 6.07 Å². The molecule has 7 aromatic rings. The van der Waals surface area contributed by atoms with E-state index >= 15 is 0 Å². The number of benzene rings is 6. The van der Waals surface area contributed by atoms with Crippen LogP contribution in [0.25, 0.3) is 10.9 Å². The fourth-order valence-electron chi connectivity index (χ4n) is 8.28. The average molecular weight is 1100 g/mol. The van der Waals surface area contributed by atoms with E-state index < -0.39 is 195 Å². The summed E-state index contributed by atoms with van der Waals surface area (Å²) in [5.41, 5.74) is -28.4. The first-order valence-corrected chi connectivity index (χ1v) is 20.6. The Balaban J connectivity index is 0.000000421. The molecule has 0 N–H and O–H groups in total. The van der Waals surface area contributed by atoms with Crippen LogP contribution in [0.15, 0.2) is 140 Å². The van der Waals surface area contributed by atoms with Crippen LogP contribution in [0.1, 0.15) is 50.1 Å². The molecule has 75 heavy (non-hydrogen) atoms. The topological polar surface area (TPSA) is 3.88 Å². The summed E-state index contributed by atoms with van der Waals surface area (Å²) in [6.07, 6.45) is -52.9. The van der Waals surface area contributed by atoms with Crippen molar-refractivity contribution in [1.82, 2.24) is 0 Å². The number of rotatable bonds is 6. The van der Waals surface area contributed by atoms with E-state index in [1.165, 1.54) is 11.6 Å². The Morgan fingerprint density at radius 1 is 0.307 bits per heavy atom. The Labute approximate surface area is 404 Å². The van der Waals surface area contributed by atoms with Gasteiger partial charge in [-0.3, -0.25) is 0 Å². The lowest BCUT2D eigenvalue weighted by Gasteiger charge is -2.46. The van der Waals surface area contributed by atoms with Gasteiger partial charge in [0.15, 0.2) is 18.6 Å². The van der Waals surface area contributed by atoms with Crippen molar-refractivity contribution in [3.63, 3.8) is 0 Å². The summed E-state index contributed by atoms with van der Waals surface area (Å²) in [6, 6.07) is 10.3. The minimum atomic E-state index is -6.13. The first-order valence-electron chi connectivity index (χ1n) is 20.6. The van der Waals surface area contributed by atoms with Crippen molar-refractivity contribution in [1.29, 1.82) is 0 Å². The zero-order valence-electron chi connectivity index (χ0n) is 36.5. The summed E-state index contributed by atoms with van der Waals surface area (Å²) in [5.74, 6) is -0.177. The fourth-order valence-corrected chi connectivity index (χ4v) is 8.28. The van der Waals surface area contributed by atoms with Crippen LogP contribution in [0.4, 0.5) is 110 Å². The molecule has 1 heterocycles. The molecule has 1 nitrogen and oxygen atoms in total. The zero-order chi connectivity index (χ0) is 56.3. The molecule has 27 heteroatoms. The molecule has 0 spiro atoms. The number of halogens is 25. The maximum atomic E-state index is 14.2. The van der Waals surface area contributed by atoms with Crippen LogP contribution in [0.3, 0.4) is 0 Å². The quantitative estimate of drug-likeness (QED) is 0.0888. The molecule has 0 amide bonds. The highest BCUT2D eigenvalue weighted by Crippen LogP contribution is 2.41. The minimum Gasteiger partial charge on any atom is -0.200 e. The molecule has 0 saturated carbocycles. The number of pyridine rings is 1. The number of hydrogen-bond acceptors (Lipinski definition) is 0. The first-order chi connectivity index (χ1) is 34.1. The molecular formula is C48H25BF25N. The van der Waals surface area contributed by atoms with Crippen LogP contribution < -0.4 is 26.4 Å². The standard InChI is InChI=1S/C32H12BF24.C16H13FN/c34-25(35,36)13-1-14(26(37,38)39)6-21(5-13)33(22-7-15(27(40,41)42)2-16(8-22)28(43,44)45,23-9-17(29(46,47)48)3-18(10-23)30(49,50)51)24-11-19(31(52,53)54)4-20(12-24)32(55,56)57;17-15-10-4-8-14-9-5-11-18(16(14)15)12-13-6-2-1-3-7-13/h1-12H;1-11H,12H2/q-1;+1. The lowest BCUT2D eigenvalue weighted by molar-refractivity contribution is -0.663. The predicted molar refractivity (Wildman–Crippen MR) is 220 cm³/mol. The molecule has 0 bridgehead atoms. The molecule has 7 rings (SSSR count). The largest absolute Gasteiger partial charge is 0.416 e. The van der Waals surface area contributed by atoms with E-state index in [2.05, 4.69) is 0 Å². The van der Waals surface area contributed by atoms with Crippen LogP contribution >= 0.6 is 0 Å². The van der Waals surface area contributed by atoms with Gasteiger partial charge in [-0.15, -0.1) is 0 Å². The Hall–Kier alpha value is -6.96. The van der Waals surface area contributed by atoms with E-state index in [9.17, 15) is 110 Å². The van der Waals surface area contributed by atoms with Gasteiger partial charge in [0.1, 0.15) is 6.15 Å². The second-order valence-corrected chi connectivity index (χ2v) is 16.5. The van der Waals surface area contributed by atoms with Gasteiger partial charge in [-0.2, -0.15) is 136 Å². The first kappa shape index (κ1) is 57.3. The molecule has 0 aliphatic heterocycles. The number of nitrogens with zero attached hydrogens (tertiary/aromatic N) is 1. The zero-order valence-corrected chi connectivity index (χ0v) is 36.5. The van der Waals surface area contributed by atoms with Gasteiger partial charge in [0, 0.05) is 17.0 Å². The Kier molecular flexibility index (Phi) is 15.0. The molecule has 0 radical (unpaired) electrons. The number of para-hydroxylation sites is 1. The smallest absolute Gasteiger partial charge is 0.200 e. The molecule has 6 aromatic carbocycles.